The minimum Gasteiger partial charge on any atom is -0.383 e. The van der Waals surface area contributed by atoms with Gasteiger partial charge in [-0.05, 0) is 25.5 Å². The highest BCUT2D eigenvalue weighted by Crippen LogP contribution is 2.15. The molecule has 5 nitrogen and oxygen atoms in total. The number of nitrogens with zero attached hydrogens (tertiary/aromatic N) is 2. The van der Waals surface area contributed by atoms with E-state index in [1.54, 1.807) is 19.5 Å². The molecule has 0 fully saturated rings. The third-order valence-corrected chi connectivity index (χ3v) is 3.70. The fraction of sp³-hybridized carbons (Fsp3) is 0.368. The van der Waals surface area contributed by atoms with Gasteiger partial charge in [-0.15, -0.1) is 0 Å². The number of anilines is 1. The number of carbonyl (C=O) groups excluding carboxylic acids is 1. The summed E-state index contributed by atoms with van der Waals surface area (Å²) in [6, 6.07) is 12.0. The lowest BCUT2D eigenvalue weighted by Crippen LogP contribution is -2.36. The van der Waals surface area contributed by atoms with Crippen LogP contribution in [0, 0.1) is 0 Å². The van der Waals surface area contributed by atoms with Crippen LogP contribution in [-0.2, 0) is 11.3 Å². The van der Waals surface area contributed by atoms with Gasteiger partial charge in [0.05, 0.1) is 17.9 Å². The van der Waals surface area contributed by atoms with Crippen molar-refractivity contribution in [3.63, 3.8) is 0 Å². The number of methoxy groups -OCH3 is 1. The van der Waals surface area contributed by atoms with Crippen LogP contribution in [0.2, 0.25) is 0 Å². The van der Waals surface area contributed by atoms with E-state index >= 15 is 0 Å². The van der Waals surface area contributed by atoms with E-state index in [4.69, 9.17) is 4.74 Å². The Morgan fingerprint density at radius 3 is 2.67 bits per heavy atom. The van der Waals surface area contributed by atoms with Crippen LogP contribution in [-0.4, -0.2) is 42.1 Å². The van der Waals surface area contributed by atoms with Crippen molar-refractivity contribution in [3.05, 3.63) is 59.9 Å². The summed E-state index contributed by atoms with van der Waals surface area (Å²) >= 11 is 0. The Balaban J connectivity index is 2.13. The molecule has 24 heavy (non-hydrogen) atoms. The smallest absolute Gasteiger partial charge is 0.256 e. The summed E-state index contributed by atoms with van der Waals surface area (Å²) in [6.45, 7) is 5.90. The summed E-state index contributed by atoms with van der Waals surface area (Å²) in [6.07, 6.45) is 3.33. The molecule has 2 rings (SSSR count). The van der Waals surface area contributed by atoms with E-state index < -0.39 is 0 Å². The lowest BCUT2D eigenvalue weighted by molar-refractivity contribution is 0.0690. The molecule has 0 aliphatic rings. The Morgan fingerprint density at radius 2 is 2.00 bits per heavy atom. The number of benzene rings is 1. The summed E-state index contributed by atoms with van der Waals surface area (Å²) in [4.78, 5) is 18.9. The second-order valence-corrected chi connectivity index (χ2v) is 5.89. The molecule has 0 bridgehead atoms. The van der Waals surface area contributed by atoms with E-state index in [0.717, 1.165) is 11.3 Å². The van der Waals surface area contributed by atoms with Crippen molar-refractivity contribution in [2.75, 3.05) is 25.6 Å². The zero-order valence-electron chi connectivity index (χ0n) is 14.5. The summed E-state index contributed by atoms with van der Waals surface area (Å²) in [5.41, 5.74) is 2.52. The number of hydrogen-bond donors (Lipinski definition) is 1. The van der Waals surface area contributed by atoms with E-state index in [2.05, 4.69) is 10.3 Å². The zero-order chi connectivity index (χ0) is 17.4. The molecule has 0 radical (unpaired) electrons. The van der Waals surface area contributed by atoms with Crippen LogP contribution in [0.1, 0.15) is 29.8 Å². The first-order valence-corrected chi connectivity index (χ1v) is 8.14. The monoisotopic (exact) mass is 327 g/mol. The number of ether oxygens (including phenoxy) is 1. The van der Waals surface area contributed by atoms with Crippen LogP contribution in [0.4, 0.5) is 5.69 Å². The minimum atomic E-state index is -0.0169. The van der Waals surface area contributed by atoms with Crippen LogP contribution in [0.25, 0.3) is 0 Å². The molecule has 0 atom stereocenters. The third-order valence-electron chi connectivity index (χ3n) is 3.70. The molecule has 5 heteroatoms. The molecule has 1 N–H and O–H groups in total. The number of rotatable bonds is 8. The van der Waals surface area contributed by atoms with Crippen molar-refractivity contribution in [1.29, 1.82) is 0 Å². The average molecular weight is 327 g/mol. The molecule has 128 valence electrons. The maximum Gasteiger partial charge on any atom is 0.256 e. The molecule has 2 aromatic rings. The van der Waals surface area contributed by atoms with E-state index in [-0.39, 0.29) is 11.9 Å². The van der Waals surface area contributed by atoms with Crippen LogP contribution < -0.4 is 5.32 Å². The highest BCUT2D eigenvalue weighted by molar-refractivity contribution is 5.94. The molecule has 1 heterocycles. The van der Waals surface area contributed by atoms with Gasteiger partial charge in [0.25, 0.3) is 5.91 Å². The topological polar surface area (TPSA) is 54.5 Å². The molecule has 0 unspecified atom stereocenters. The Morgan fingerprint density at radius 1 is 1.25 bits per heavy atom. The second-order valence-electron chi connectivity index (χ2n) is 5.89. The van der Waals surface area contributed by atoms with Crippen molar-refractivity contribution >= 4 is 11.6 Å². The van der Waals surface area contributed by atoms with E-state index in [0.29, 0.717) is 25.3 Å². The Hall–Kier alpha value is -2.40. The van der Waals surface area contributed by atoms with Gasteiger partial charge in [0.15, 0.2) is 0 Å². The lowest BCUT2D eigenvalue weighted by atomic mass is 10.1. The van der Waals surface area contributed by atoms with E-state index in [1.165, 1.54) is 0 Å². The average Bonchev–Trinajstić information content (AvgIpc) is 2.60. The summed E-state index contributed by atoms with van der Waals surface area (Å²) < 4.78 is 5.02. The fourth-order valence-corrected chi connectivity index (χ4v) is 2.39. The maximum atomic E-state index is 12.9. The molecule has 0 aliphatic carbocycles. The maximum absolute atomic E-state index is 12.9. The zero-order valence-corrected chi connectivity index (χ0v) is 14.5. The first-order valence-electron chi connectivity index (χ1n) is 8.14. The minimum absolute atomic E-state index is 0.0169. The first-order chi connectivity index (χ1) is 11.6. The molecule has 1 aromatic carbocycles. The van der Waals surface area contributed by atoms with Gasteiger partial charge in [0.1, 0.15) is 0 Å². The van der Waals surface area contributed by atoms with Crippen molar-refractivity contribution in [3.8, 4) is 0 Å². The number of aromatic nitrogens is 1. The molecule has 0 saturated heterocycles. The molecular formula is C19H25N3O2. The fourth-order valence-electron chi connectivity index (χ4n) is 2.39. The van der Waals surface area contributed by atoms with Gasteiger partial charge in [0, 0.05) is 38.6 Å². The quantitative estimate of drug-likeness (QED) is 0.757. The lowest BCUT2D eigenvalue weighted by Gasteiger charge is -2.27. The van der Waals surface area contributed by atoms with Gasteiger partial charge >= 0.3 is 0 Å². The van der Waals surface area contributed by atoms with Gasteiger partial charge < -0.3 is 15.0 Å². The molecule has 0 saturated carbocycles. The largest absolute Gasteiger partial charge is 0.383 e. The number of nitrogens with one attached hydrogen (secondary N) is 1. The predicted molar refractivity (Wildman–Crippen MR) is 96.1 cm³/mol. The van der Waals surface area contributed by atoms with Crippen LogP contribution in [0.15, 0.2) is 48.8 Å². The van der Waals surface area contributed by atoms with Crippen LogP contribution in [0.3, 0.4) is 0 Å². The van der Waals surface area contributed by atoms with Gasteiger partial charge in [-0.1, -0.05) is 30.3 Å². The molecule has 0 aliphatic heterocycles. The Labute approximate surface area is 143 Å². The van der Waals surface area contributed by atoms with Crippen molar-refractivity contribution < 1.29 is 9.53 Å². The molecule has 1 aromatic heterocycles. The highest BCUT2D eigenvalue weighted by Gasteiger charge is 2.19. The van der Waals surface area contributed by atoms with E-state index in [9.17, 15) is 4.79 Å². The second kappa shape index (κ2) is 9.03. The van der Waals surface area contributed by atoms with Gasteiger partial charge in [-0.3, -0.25) is 9.78 Å². The number of amides is 1. The predicted octanol–water partition coefficient (Wildman–Crippen LogP) is 3.19. The molecular weight excluding hydrogens is 302 g/mol. The molecule has 1 amide bonds. The third kappa shape index (κ3) is 5.06. The summed E-state index contributed by atoms with van der Waals surface area (Å²) in [5, 5.41) is 3.20. The van der Waals surface area contributed by atoms with Crippen molar-refractivity contribution in [2.45, 2.75) is 26.4 Å². The van der Waals surface area contributed by atoms with Crippen LogP contribution >= 0.6 is 0 Å². The van der Waals surface area contributed by atoms with Gasteiger partial charge in [-0.25, -0.2) is 0 Å². The molecule has 0 spiro atoms. The number of pyridine rings is 1. The van der Waals surface area contributed by atoms with Crippen molar-refractivity contribution in [2.24, 2.45) is 0 Å². The van der Waals surface area contributed by atoms with Crippen molar-refractivity contribution in [1.82, 2.24) is 9.88 Å². The number of carbonyl (C=O) groups is 1. The Bertz CT molecular complexity index is 644. The highest BCUT2D eigenvalue weighted by atomic mass is 16.5. The normalized spacial score (nSPS) is 10.7. The standard InChI is InChI=1S/C19H25N3O2/c1-15(2)22(14-16-7-5-4-6-8-16)19(23)17-11-18(13-20-12-17)21-9-10-24-3/h4-8,11-13,15,21H,9-10,14H2,1-3H3. The number of hydrogen-bond acceptors (Lipinski definition) is 4. The first kappa shape index (κ1) is 17.9. The SMILES string of the molecule is COCCNc1cncc(C(=O)N(Cc2ccccc2)C(C)C)c1. The van der Waals surface area contributed by atoms with Gasteiger partial charge in [0.2, 0.25) is 0 Å². The Kier molecular flexibility index (Phi) is 6.75. The summed E-state index contributed by atoms with van der Waals surface area (Å²) in [5.74, 6) is -0.0169. The van der Waals surface area contributed by atoms with E-state index in [1.807, 2.05) is 55.1 Å². The summed E-state index contributed by atoms with van der Waals surface area (Å²) in [7, 11) is 1.66. The van der Waals surface area contributed by atoms with Crippen LogP contribution in [0.5, 0.6) is 0 Å². The van der Waals surface area contributed by atoms with Gasteiger partial charge in [-0.2, -0.15) is 0 Å².